The van der Waals surface area contributed by atoms with Crippen molar-refractivity contribution in [2.24, 2.45) is 0 Å². The standard InChI is InChI=1S/C20H28BrN5O2S/c1-4-26-18(12-25-7-9-28-10-8-25)23-24-20(26)29-13-19(27)22-17-6-5-15(21)11-16(17)14(2)3/h5-6,11,14H,4,7-10,12-13H2,1-3H3,(H,22,27). The Morgan fingerprint density at radius 3 is 2.76 bits per heavy atom. The van der Waals surface area contributed by atoms with Crippen molar-refractivity contribution in [3.05, 3.63) is 34.1 Å². The van der Waals surface area contributed by atoms with Gasteiger partial charge in [0.2, 0.25) is 5.91 Å². The van der Waals surface area contributed by atoms with Gasteiger partial charge in [0.25, 0.3) is 0 Å². The lowest BCUT2D eigenvalue weighted by molar-refractivity contribution is -0.113. The minimum atomic E-state index is -0.0420. The van der Waals surface area contributed by atoms with Gasteiger partial charge in [-0.15, -0.1) is 10.2 Å². The van der Waals surface area contributed by atoms with E-state index in [1.807, 2.05) is 12.1 Å². The molecule has 9 heteroatoms. The number of hydrogen-bond acceptors (Lipinski definition) is 6. The maximum atomic E-state index is 12.5. The SMILES string of the molecule is CCn1c(CN2CCOCC2)nnc1SCC(=O)Nc1ccc(Br)cc1C(C)C. The molecule has 1 aromatic heterocycles. The van der Waals surface area contributed by atoms with Gasteiger partial charge >= 0.3 is 0 Å². The highest BCUT2D eigenvalue weighted by atomic mass is 79.9. The summed E-state index contributed by atoms with van der Waals surface area (Å²) in [4.78, 5) is 14.9. The molecular formula is C20H28BrN5O2S. The zero-order valence-corrected chi connectivity index (χ0v) is 19.6. The molecule has 0 aliphatic carbocycles. The summed E-state index contributed by atoms with van der Waals surface area (Å²) in [6, 6.07) is 5.94. The molecule has 1 N–H and O–H groups in total. The first-order valence-corrected chi connectivity index (χ1v) is 11.7. The van der Waals surface area contributed by atoms with Crippen LogP contribution in [0.3, 0.4) is 0 Å². The molecule has 1 aromatic carbocycles. The van der Waals surface area contributed by atoms with Gasteiger partial charge in [0.15, 0.2) is 5.16 Å². The first kappa shape index (κ1) is 22.3. The van der Waals surface area contributed by atoms with Crippen LogP contribution in [0.5, 0.6) is 0 Å². The molecule has 1 fully saturated rings. The van der Waals surface area contributed by atoms with Crippen LogP contribution in [0.25, 0.3) is 0 Å². The van der Waals surface area contributed by atoms with Crippen LogP contribution < -0.4 is 5.32 Å². The van der Waals surface area contributed by atoms with Gasteiger partial charge in [0.05, 0.1) is 25.5 Å². The fourth-order valence-electron chi connectivity index (χ4n) is 3.26. The summed E-state index contributed by atoms with van der Waals surface area (Å²) in [7, 11) is 0. The molecule has 2 aromatic rings. The molecule has 0 bridgehead atoms. The fourth-order valence-corrected chi connectivity index (χ4v) is 4.46. The number of aromatic nitrogens is 3. The third kappa shape index (κ3) is 6.04. The molecule has 1 aliphatic rings. The Balaban J connectivity index is 1.60. The van der Waals surface area contributed by atoms with Crippen molar-refractivity contribution < 1.29 is 9.53 Å². The minimum Gasteiger partial charge on any atom is -0.379 e. The third-order valence-corrected chi connectivity index (χ3v) is 6.28. The first-order chi connectivity index (χ1) is 14.0. The van der Waals surface area contributed by atoms with Crippen molar-refractivity contribution in [1.29, 1.82) is 0 Å². The van der Waals surface area contributed by atoms with Gasteiger partial charge in [0.1, 0.15) is 5.82 Å². The Morgan fingerprint density at radius 1 is 1.31 bits per heavy atom. The van der Waals surface area contributed by atoms with E-state index in [2.05, 4.69) is 67.7 Å². The number of carbonyl (C=O) groups excluding carboxylic acids is 1. The molecule has 1 saturated heterocycles. The third-order valence-electron chi connectivity index (χ3n) is 4.82. The normalized spacial score (nSPS) is 15.1. The molecule has 0 unspecified atom stereocenters. The molecule has 2 heterocycles. The van der Waals surface area contributed by atoms with E-state index < -0.39 is 0 Å². The number of benzene rings is 1. The van der Waals surface area contributed by atoms with E-state index in [1.54, 1.807) is 0 Å². The lowest BCUT2D eigenvalue weighted by Gasteiger charge is -2.26. The second-order valence-electron chi connectivity index (χ2n) is 7.25. The van der Waals surface area contributed by atoms with Crippen LogP contribution in [0.4, 0.5) is 5.69 Å². The van der Waals surface area contributed by atoms with Crippen LogP contribution >= 0.6 is 27.7 Å². The van der Waals surface area contributed by atoms with Gasteiger partial charge in [-0.3, -0.25) is 9.69 Å². The largest absolute Gasteiger partial charge is 0.379 e. The molecule has 7 nitrogen and oxygen atoms in total. The number of rotatable bonds is 8. The lowest BCUT2D eigenvalue weighted by atomic mass is 10.0. The second kappa shape index (κ2) is 10.6. The summed E-state index contributed by atoms with van der Waals surface area (Å²) in [5.74, 6) is 1.51. The number of anilines is 1. The Labute approximate surface area is 184 Å². The van der Waals surface area contributed by atoms with Crippen molar-refractivity contribution in [3.8, 4) is 0 Å². The van der Waals surface area contributed by atoms with E-state index in [-0.39, 0.29) is 5.91 Å². The minimum absolute atomic E-state index is 0.0420. The summed E-state index contributed by atoms with van der Waals surface area (Å²) in [5.41, 5.74) is 1.97. The molecule has 0 saturated carbocycles. The van der Waals surface area contributed by atoms with E-state index in [0.717, 1.165) is 66.1 Å². The number of amides is 1. The maximum absolute atomic E-state index is 12.5. The molecule has 158 valence electrons. The summed E-state index contributed by atoms with van der Waals surface area (Å²) in [6.45, 7) is 11.2. The van der Waals surface area contributed by atoms with E-state index in [9.17, 15) is 4.79 Å². The average molecular weight is 482 g/mol. The van der Waals surface area contributed by atoms with Crippen LogP contribution in [0.2, 0.25) is 0 Å². The Morgan fingerprint density at radius 2 is 2.07 bits per heavy atom. The highest BCUT2D eigenvalue weighted by Gasteiger charge is 2.18. The monoisotopic (exact) mass is 481 g/mol. The van der Waals surface area contributed by atoms with Gasteiger partial charge in [-0.05, 0) is 36.6 Å². The summed E-state index contributed by atoms with van der Waals surface area (Å²) >= 11 is 4.92. The predicted molar refractivity (Wildman–Crippen MR) is 119 cm³/mol. The number of nitrogens with one attached hydrogen (secondary N) is 1. The number of morpholine rings is 1. The Bertz CT molecular complexity index is 836. The van der Waals surface area contributed by atoms with Crippen LogP contribution in [0.15, 0.2) is 27.8 Å². The van der Waals surface area contributed by atoms with E-state index >= 15 is 0 Å². The Kier molecular flexibility index (Phi) is 8.11. The summed E-state index contributed by atoms with van der Waals surface area (Å²) in [6.07, 6.45) is 0. The summed E-state index contributed by atoms with van der Waals surface area (Å²) < 4.78 is 8.51. The fraction of sp³-hybridized carbons (Fsp3) is 0.550. The molecule has 0 spiro atoms. The Hall–Kier alpha value is -1.42. The second-order valence-corrected chi connectivity index (χ2v) is 9.11. The van der Waals surface area contributed by atoms with Crippen LogP contribution in [0.1, 0.15) is 38.1 Å². The lowest BCUT2D eigenvalue weighted by Crippen LogP contribution is -2.36. The maximum Gasteiger partial charge on any atom is 0.234 e. The molecule has 29 heavy (non-hydrogen) atoms. The zero-order valence-electron chi connectivity index (χ0n) is 17.2. The van der Waals surface area contributed by atoms with Crippen LogP contribution in [-0.2, 0) is 22.6 Å². The highest BCUT2D eigenvalue weighted by molar-refractivity contribution is 9.10. The van der Waals surface area contributed by atoms with Gasteiger partial charge in [-0.25, -0.2) is 0 Å². The van der Waals surface area contributed by atoms with Gasteiger partial charge in [0, 0.05) is 29.8 Å². The smallest absolute Gasteiger partial charge is 0.234 e. The molecule has 0 atom stereocenters. The van der Waals surface area contributed by atoms with Crippen molar-refractivity contribution in [2.75, 3.05) is 37.4 Å². The molecule has 0 radical (unpaired) electrons. The molecule has 1 aliphatic heterocycles. The van der Waals surface area contributed by atoms with E-state index in [1.165, 1.54) is 11.8 Å². The molecule has 1 amide bonds. The topological polar surface area (TPSA) is 72.3 Å². The van der Waals surface area contributed by atoms with Crippen molar-refractivity contribution in [1.82, 2.24) is 19.7 Å². The number of carbonyl (C=O) groups is 1. The van der Waals surface area contributed by atoms with Gasteiger partial charge in [-0.2, -0.15) is 0 Å². The van der Waals surface area contributed by atoms with Crippen molar-refractivity contribution >= 4 is 39.3 Å². The quantitative estimate of drug-likeness (QED) is 0.578. The number of halogens is 1. The number of thioether (sulfide) groups is 1. The van der Waals surface area contributed by atoms with Crippen LogP contribution in [0, 0.1) is 0 Å². The number of nitrogens with zero attached hydrogens (tertiary/aromatic N) is 4. The average Bonchev–Trinajstić information content (AvgIpc) is 3.09. The molecule has 3 rings (SSSR count). The molecular weight excluding hydrogens is 454 g/mol. The number of hydrogen-bond donors (Lipinski definition) is 1. The number of ether oxygens (including phenoxy) is 1. The predicted octanol–water partition coefficient (Wildman–Crippen LogP) is 3.75. The van der Waals surface area contributed by atoms with Crippen LogP contribution in [-0.4, -0.2) is 57.6 Å². The highest BCUT2D eigenvalue weighted by Crippen LogP contribution is 2.28. The van der Waals surface area contributed by atoms with E-state index in [4.69, 9.17) is 4.74 Å². The first-order valence-electron chi connectivity index (χ1n) is 9.92. The van der Waals surface area contributed by atoms with E-state index in [0.29, 0.717) is 11.7 Å². The van der Waals surface area contributed by atoms with Crippen molar-refractivity contribution in [3.63, 3.8) is 0 Å². The van der Waals surface area contributed by atoms with Gasteiger partial charge in [-0.1, -0.05) is 41.5 Å². The van der Waals surface area contributed by atoms with Gasteiger partial charge < -0.3 is 14.6 Å². The van der Waals surface area contributed by atoms with Crippen molar-refractivity contribution in [2.45, 2.75) is 44.9 Å². The summed E-state index contributed by atoms with van der Waals surface area (Å²) in [5, 5.41) is 12.5. The zero-order chi connectivity index (χ0) is 20.8.